The number of sulfonamides is 1. The van der Waals surface area contributed by atoms with Gasteiger partial charge in [0, 0.05) is 5.56 Å². The minimum absolute atomic E-state index is 0.230. The van der Waals surface area contributed by atoms with Gasteiger partial charge in [-0.05, 0) is 19.1 Å². The Labute approximate surface area is 109 Å². The van der Waals surface area contributed by atoms with Gasteiger partial charge in [0.1, 0.15) is 6.61 Å². The number of alkyl halides is 2. The summed E-state index contributed by atoms with van der Waals surface area (Å²) in [6.07, 6.45) is 0. The highest BCUT2D eigenvalue weighted by atomic mass is 32.2. The molecule has 0 aliphatic heterocycles. The van der Waals surface area contributed by atoms with Crippen LogP contribution in [0.15, 0.2) is 29.2 Å². The van der Waals surface area contributed by atoms with Crippen molar-refractivity contribution in [2.45, 2.75) is 17.7 Å². The molecule has 0 bridgehead atoms. The van der Waals surface area contributed by atoms with Gasteiger partial charge in [0.15, 0.2) is 5.78 Å². The number of hydrogen-bond donors (Lipinski definition) is 2. The summed E-state index contributed by atoms with van der Waals surface area (Å²) < 4.78 is 50.5. The Morgan fingerprint density at radius 2 is 1.84 bits per heavy atom. The van der Waals surface area contributed by atoms with Crippen LogP contribution < -0.4 is 4.72 Å². The first-order chi connectivity index (χ1) is 8.68. The second kappa shape index (κ2) is 5.72. The monoisotopic (exact) mass is 293 g/mol. The number of hydrogen-bond acceptors (Lipinski definition) is 4. The predicted octanol–water partition coefficient (Wildman–Crippen LogP) is 0.795. The van der Waals surface area contributed by atoms with Crippen LogP contribution in [0.2, 0.25) is 0 Å². The summed E-state index contributed by atoms with van der Waals surface area (Å²) in [6, 6.07) is 4.88. The normalized spacial score (nSPS) is 12.4. The van der Waals surface area contributed by atoms with E-state index in [1.165, 1.54) is 19.1 Å². The van der Waals surface area contributed by atoms with Crippen LogP contribution in [-0.4, -0.2) is 38.4 Å². The third-order valence-corrected chi connectivity index (χ3v) is 3.74. The van der Waals surface area contributed by atoms with Crippen molar-refractivity contribution in [2.24, 2.45) is 0 Å². The van der Waals surface area contributed by atoms with Gasteiger partial charge in [-0.1, -0.05) is 12.1 Å². The van der Waals surface area contributed by atoms with Crippen LogP contribution >= 0.6 is 0 Å². The quantitative estimate of drug-likeness (QED) is 0.760. The molecule has 0 aliphatic rings. The lowest BCUT2D eigenvalue weighted by Crippen LogP contribution is -2.38. The van der Waals surface area contributed by atoms with Crippen molar-refractivity contribution in [3.05, 3.63) is 29.8 Å². The van der Waals surface area contributed by atoms with Gasteiger partial charge in [0.05, 0.1) is 11.4 Å². The second-order valence-electron chi connectivity index (χ2n) is 3.92. The summed E-state index contributed by atoms with van der Waals surface area (Å²) in [5, 5.41) is 8.34. The van der Waals surface area contributed by atoms with Gasteiger partial charge in [-0.25, -0.2) is 21.9 Å². The Balaban J connectivity index is 2.86. The molecule has 0 aromatic heterocycles. The molecule has 0 saturated carbocycles. The molecule has 1 aromatic rings. The van der Waals surface area contributed by atoms with Crippen LogP contribution in [0.5, 0.6) is 0 Å². The van der Waals surface area contributed by atoms with E-state index in [1.807, 2.05) is 0 Å². The number of carbonyl (C=O) groups excluding carboxylic acids is 1. The zero-order valence-electron chi connectivity index (χ0n) is 10.1. The molecule has 2 N–H and O–H groups in total. The summed E-state index contributed by atoms with van der Waals surface area (Å²) in [5.41, 5.74) is 0.319. The number of Topliss-reactive ketones (excluding diaryl/α,β-unsaturated/α-hetero) is 1. The number of carbonyl (C=O) groups is 1. The van der Waals surface area contributed by atoms with Crippen LogP contribution in [-0.2, 0) is 10.0 Å². The van der Waals surface area contributed by atoms with E-state index >= 15 is 0 Å². The average molecular weight is 293 g/mol. The molecule has 8 heteroatoms. The topological polar surface area (TPSA) is 83.5 Å². The third-order valence-electron chi connectivity index (χ3n) is 2.32. The first-order valence-electron chi connectivity index (χ1n) is 5.27. The Kier molecular flexibility index (Phi) is 4.72. The minimum Gasteiger partial charge on any atom is -0.390 e. The largest absolute Gasteiger partial charge is 0.390 e. The summed E-state index contributed by atoms with van der Waals surface area (Å²) >= 11 is 0. The van der Waals surface area contributed by atoms with Crippen LogP contribution in [0.1, 0.15) is 17.3 Å². The lowest BCUT2D eigenvalue weighted by Gasteiger charge is -2.14. The molecule has 0 saturated heterocycles. The van der Waals surface area contributed by atoms with Gasteiger partial charge in [-0.15, -0.1) is 0 Å². The van der Waals surface area contributed by atoms with Crippen molar-refractivity contribution in [2.75, 3.05) is 13.2 Å². The van der Waals surface area contributed by atoms with Gasteiger partial charge in [0.25, 0.3) is 5.92 Å². The van der Waals surface area contributed by atoms with Gasteiger partial charge >= 0.3 is 0 Å². The van der Waals surface area contributed by atoms with Crippen LogP contribution in [0.4, 0.5) is 8.78 Å². The number of ketones is 1. The summed E-state index contributed by atoms with van der Waals surface area (Å²) in [7, 11) is -4.10. The second-order valence-corrected chi connectivity index (χ2v) is 5.69. The molecule has 5 nitrogen and oxygen atoms in total. The Bertz CT molecular complexity index is 555. The molecular weight excluding hydrogens is 280 g/mol. The van der Waals surface area contributed by atoms with Crippen molar-refractivity contribution in [1.82, 2.24) is 4.72 Å². The average Bonchev–Trinajstić information content (AvgIpc) is 2.37. The first kappa shape index (κ1) is 15.7. The lowest BCUT2D eigenvalue weighted by molar-refractivity contribution is -0.0437. The molecule has 0 unspecified atom stereocenters. The smallest absolute Gasteiger partial charge is 0.283 e. The maximum absolute atomic E-state index is 12.7. The molecule has 0 spiro atoms. The van der Waals surface area contributed by atoms with E-state index in [4.69, 9.17) is 5.11 Å². The van der Waals surface area contributed by atoms with Crippen molar-refractivity contribution in [1.29, 1.82) is 0 Å². The lowest BCUT2D eigenvalue weighted by atomic mass is 10.2. The van der Waals surface area contributed by atoms with Crippen molar-refractivity contribution >= 4 is 15.8 Å². The fraction of sp³-hybridized carbons (Fsp3) is 0.364. The maximum Gasteiger partial charge on any atom is 0.283 e. The number of benzene rings is 1. The SMILES string of the molecule is CC(=O)c1ccc(S(=O)(=O)NCC(F)(F)CO)cc1. The fourth-order valence-electron chi connectivity index (χ4n) is 1.21. The molecule has 0 fully saturated rings. The van der Waals surface area contributed by atoms with Crippen molar-refractivity contribution in [3.8, 4) is 0 Å². The molecular formula is C11H13F2NO4S. The highest BCUT2D eigenvalue weighted by Crippen LogP contribution is 2.14. The van der Waals surface area contributed by atoms with Gasteiger partial charge in [-0.3, -0.25) is 4.79 Å². The van der Waals surface area contributed by atoms with Crippen LogP contribution in [0.25, 0.3) is 0 Å². The molecule has 0 radical (unpaired) electrons. The summed E-state index contributed by atoms with van der Waals surface area (Å²) in [6.45, 7) is -1.32. The summed E-state index contributed by atoms with van der Waals surface area (Å²) in [5.74, 6) is -3.75. The molecule has 0 atom stereocenters. The van der Waals surface area contributed by atoms with E-state index in [9.17, 15) is 22.0 Å². The number of halogens is 2. The van der Waals surface area contributed by atoms with E-state index in [0.29, 0.717) is 5.56 Å². The van der Waals surface area contributed by atoms with Crippen LogP contribution in [0.3, 0.4) is 0 Å². The van der Waals surface area contributed by atoms with E-state index in [-0.39, 0.29) is 10.7 Å². The molecule has 1 rings (SSSR count). The standard InChI is InChI=1S/C11H13F2NO4S/c1-8(16)9-2-4-10(5-3-9)19(17,18)14-6-11(12,13)7-15/h2-5,14-15H,6-7H2,1H3. The van der Waals surface area contributed by atoms with E-state index in [0.717, 1.165) is 12.1 Å². The predicted molar refractivity (Wildman–Crippen MR) is 63.7 cm³/mol. The fourth-order valence-corrected chi connectivity index (χ4v) is 2.27. The molecule has 0 amide bonds. The summed E-state index contributed by atoms with van der Waals surface area (Å²) in [4.78, 5) is 10.8. The number of aliphatic hydroxyl groups excluding tert-OH is 1. The number of aliphatic hydroxyl groups is 1. The van der Waals surface area contributed by atoms with Gasteiger partial charge < -0.3 is 5.11 Å². The Hall–Kier alpha value is -1.38. The maximum atomic E-state index is 12.7. The van der Waals surface area contributed by atoms with Gasteiger partial charge in [-0.2, -0.15) is 0 Å². The number of nitrogens with one attached hydrogen (secondary N) is 1. The third kappa shape index (κ3) is 4.34. The molecule has 0 aliphatic carbocycles. The Morgan fingerprint density at radius 3 is 2.26 bits per heavy atom. The number of rotatable bonds is 6. The highest BCUT2D eigenvalue weighted by Gasteiger charge is 2.30. The minimum atomic E-state index is -4.10. The van der Waals surface area contributed by atoms with E-state index < -0.39 is 29.1 Å². The van der Waals surface area contributed by atoms with Gasteiger partial charge in [0.2, 0.25) is 10.0 Å². The highest BCUT2D eigenvalue weighted by molar-refractivity contribution is 7.89. The zero-order chi connectivity index (χ0) is 14.7. The zero-order valence-corrected chi connectivity index (χ0v) is 10.9. The van der Waals surface area contributed by atoms with Crippen molar-refractivity contribution in [3.63, 3.8) is 0 Å². The molecule has 106 valence electrons. The molecule has 0 heterocycles. The van der Waals surface area contributed by atoms with E-state index in [1.54, 1.807) is 4.72 Å². The molecule has 1 aromatic carbocycles. The van der Waals surface area contributed by atoms with E-state index in [2.05, 4.69) is 0 Å². The molecule has 19 heavy (non-hydrogen) atoms. The van der Waals surface area contributed by atoms with Crippen LogP contribution in [0, 0.1) is 0 Å². The first-order valence-corrected chi connectivity index (χ1v) is 6.76. The van der Waals surface area contributed by atoms with Crippen molar-refractivity contribution < 1.29 is 27.1 Å². The Morgan fingerprint density at radius 1 is 1.32 bits per heavy atom.